The molecule has 2 aromatic heterocycles. The van der Waals surface area contributed by atoms with E-state index in [0.29, 0.717) is 0 Å². The van der Waals surface area contributed by atoms with Crippen molar-refractivity contribution in [1.82, 2.24) is 29.2 Å². The Hall–Kier alpha value is -1.73. The number of imidazole rings is 1. The lowest BCUT2D eigenvalue weighted by Gasteiger charge is -2.33. The van der Waals surface area contributed by atoms with Gasteiger partial charge in [0.15, 0.2) is 0 Å². The van der Waals surface area contributed by atoms with Gasteiger partial charge >= 0.3 is 0 Å². The molecule has 1 saturated heterocycles. The van der Waals surface area contributed by atoms with Crippen LogP contribution in [0.1, 0.15) is 37.5 Å². The molecule has 0 bridgehead atoms. The highest BCUT2D eigenvalue weighted by atomic mass is 16.3. The van der Waals surface area contributed by atoms with E-state index in [4.69, 9.17) is 0 Å². The number of piperidine rings is 1. The fourth-order valence-electron chi connectivity index (χ4n) is 3.17. The summed E-state index contributed by atoms with van der Waals surface area (Å²) >= 11 is 0. The Morgan fingerprint density at radius 3 is 2.73 bits per heavy atom. The lowest BCUT2D eigenvalue weighted by molar-refractivity contribution is 0.0482. The molecule has 0 spiro atoms. The number of aromatic nitrogens is 5. The summed E-state index contributed by atoms with van der Waals surface area (Å²) in [6.07, 6.45) is 6.73. The van der Waals surface area contributed by atoms with Crippen molar-refractivity contribution in [2.75, 3.05) is 13.1 Å². The molecule has 1 aliphatic rings. The molecule has 0 saturated carbocycles. The van der Waals surface area contributed by atoms with Gasteiger partial charge in [-0.15, -0.1) is 0 Å². The molecule has 7 heteroatoms. The minimum absolute atomic E-state index is 0.279. The Bertz CT molecular complexity index is 599. The predicted molar refractivity (Wildman–Crippen MR) is 81.9 cm³/mol. The smallest absolute Gasteiger partial charge is 0.140 e. The first-order chi connectivity index (χ1) is 10.7. The first kappa shape index (κ1) is 15.2. The average molecular weight is 304 g/mol. The summed E-state index contributed by atoms with van der Waals surface area (Å²) in [7, 11) is 1.93. The van der Waals surface area contributed by atoms with Crippen molar-refractivity contribution >= 4 is 0 Å². The molecule has 1 unspecified atom stereocenters. The van der Waals surface area contributed by atoms with Crippen LogP contribution in [0.25, 0.3) is 0 Å². The average Bonchev–Trinajstić information content (AvgIpc) is 3.16. The van der Waals surface area contributed by atoms with E-state index in [9.17, 15) is 5.11 Å². The van der Waals surface area contributed by atoms with Crippen molar-refractivity contribution < 1.29 is 5.11 Å². The van der Waals surface area contributed by atoms with Gasteiger partial charge in [0.25, 0.3) is 0 Å². The molecule has 0 amide bonds. The zero-order valence-corrected chi connectivity index (χ0v) is 13.3. The molecular weight excluding hydrogens is 280 g/mol. The van der Waals surface area contributed by atoms with Crippen LogP contribution in [0.3, 0.4) is 0 Å². The van der Waals surface area contributed by atoms with E-state index in [2.05, 4.69) is 26.9 Å². The molecule has 1 aliphatic heterocycles. The van der Waals surface area contributed by atoms with E-state index in [0.717, 1.165) is 50.7 Å². The second kappa shape index (κ2) is 6.58. The van der Waals surface area contributed by atoms with Crippen LogP contribution in [-0.4, -0.2) is 47.4 Å². The highest BCUT2D eigenvalue weighted by Crippen LogP contribution is 2.30. The topological polar surface area (TPSA) is 72.0 Å². The van der Waals surface area contributed by atoms with Crippen molar-refractivity contribution in [2.45, 2.75) is 39.0 Å². The van der Waals surface area contributed by atoms with Crippen molar-refractivity contribution in [3.63, 3.8) is 0 Å². The zero-order chi connectivity index (χ0) is 15.5. The Balaban J connectivity index is 1.55. The third kappa shape index (κ3) is 3.05. The second-order valence-corrected chi connectivity index (χ2v) is 5.95. The summed E-state index contributed by atoms with van der Waals surface area (Å²) in [6, 6.07) is 0. The van der Waals surface area contributed by atoms with Gasteiger partial charge in [-0.3, -0.25) is 4.90 Å². The van der Waals surface area contributed by atoms with E-state index in [1.54, 1.807) is 12.5 Å². The zero-order valence-electron chi connectivity index (χ0n) is 13.3. The standard InChI is InChI=1S/C15H24N6O/c1-3-21-13(17-11-18-21)10-20-7-4-12(5-8-20)14(22)15-16-6-9-19(15)2/h6,9,11-12,14,22H,3-5,7-8,10H2,1-2H3. The van der Waals surface area contributed by atoms with Crippen LogP contribution < -0.4 is 0 Å². The number of hydrogen-bond donors (Lipinski definition) is 1. The van der Waals surface area contributed by atoms with Crippen molar-refractivity contribution in [1.29, 1.82) is 0 Å². The van der Waals surface area contributed by atoms with Gasteiger partial charge in [0.1, 0.15) is 24.1 Å². The Kier molecular flexibility index (Phi) is 4.54. The summed E-state index contributed by atoms with van der Waals surface area (Å²) in [5.74, 6) is 2.07. The van der Waals surface area contributed by atoms with Crippen LogP contribution in [0.4, 0.5) is 0 Å². The predicted octanol–water partition coefficient (Wildman–Crippen LogP) is 0.977. The normalized spacial score (nSPS) is 18.7. The molecule has 22 heavy (non-hydrogen) atoms. The maximum Gasteiger partial charge on any atom is 0.140 e. The number of likely N-dealkylation sites (tertiary alicyclic amines) is 1. The summed E-state index contributed by atoms with van der Waals surface area (Å²) in [6.45, 7) is 5.71. The molecule has 7 nitrogen and oxygen atoms in total. The largest absolute Gasteiger partial charge is 0.385 e. The molecule has 0 aliphatic carbocycles. The molecule has 1 N–H and O–H groups in total. The summed E-state index contributed by atoms with van der Waals surface area (Å²) in [4.78, 5) is 11.0. The third-order valence-corrected chi connectivity index (χ3v) is 4.56. The van der Waals surface area contributed by atoms with Gasteiger partial charge in [-0.25, -0.2) is 14.6 Å². The number of aliphatic hydroxyl groups excluding tert-OH is 1. The van der Waals surface area contributed by atoms with Gasteiger partial charge in [0, 0.05) is 26.0 Å². The highest BCUT2D eigenvalue weighted by molar-refractivity contribution is 4.98. The van der Waals surface area contributed by atoms with E-state index in [1.807, 2.05) is 22.5 Å². The van der Waals surface area contributed by atoms with E-state index < -0.39 is 6.10 Å². The van der Waals surface area contributed by atoms with Gasteiger partial charge in [-0.2, -0.15) is 5.10 Å². The van der Waals surface area contributed by atoms with Crippen LogP contribution >= 0.6 is 0 Å². The van der Waals surface area contributed by atoms with E-state index >= 15 is 0 Å². The summed E-state index contributed by atoms with van der Waals surface area (Å²) in [5.41, 5.74) is 0. The van der Waals surface area contributed by atoms with Crippen LogP contribution in [0.5, 0.6) is 0 Å². The van der Waals surface area contributed by atoms with Gasteiger partial charge in [-0.05, 0) is 38.8 Å². The van der Waals surface area contributed by atoms with Crippen molar-refractivity contribution in [3.8, 4) is 0 Å². The number of hydrogen-bond acceptors (Lipinski definition) is 5. The highest BCUT2D eigenvalue weighted by Gasteiger charge is 2.28. The Labute approximate surface area is 130 Å². The van der Waals surface area contributed by atoms with Gasteiger partial charge < -0.3 is 9.67 Å². The van der Waals surface area contributed by atoms with Crippen molar-refractivity contribution in [2.24, 2.45) is 13.0 Å². The minimum atomic E-state index is -0.471. The summed E-state index contributed by atoms with van der Waals surface area (Å²) < 4.78 is 3.84. The maximum atomic E-state index is 10.5. The van der Waals surface area contributed by atoms with Crippen molar-refractivity contribution in [3.05, 3.63) is 30.4 Å². The lowest BCUT2D eigenvalue weighted by atomic mass is 9.90. The maximum absolute atomic E-state index is 10.5. The SMILES string of the molecule is CCn1ncnc1CN1CCC(C(O)c2nccn2C)CC1. The molecule has 1 atom stereocenters. The number of rotatable bonds is 5. The molecule has 120 valence electrons. The van der Waals surface area contributed by atoms with Gasteiger partial charge in [0.05, 0.1) is 6.54 Å². The van der Waals surface area contributed by atoms with Crippen LogP contribution in [0, 0.1) is 5.92 Å². The van der Waals surface area contributed by atoms with Crippen LogP contribution in [0.2, 0.25) is 0 Å². The monoisotopic (exact) mass is 304 g/mol. The first-order valence-corrected chi connectivity index (χ1v) is 7.93. The number of nitrogens with zero attached hydrogens (tertiary/aromatic N) is 6. The van der Waals surface area contributed by atoms with Crippen LogP contribution in [-0.2, 0) is 20.1 Å². The molecule has 0 radical (unpaired) electrons. The minimum Gasteiger partial charge on any atom is -0.385 e. The van der Waals surface area contributed by atoms with Gasteiger partial charge in [-0.1, -0.05) is 0 Å². The first-order valence-electron chi connectivity index (χ1n) is 7.93. The molecule has 1 fully saturated rings. The van der Waals surface area contributed by atoms with E-state index in [-0.39, 0.29) is 5.92 Å². The van der Waals surface area contributed by atoms with E-state index in [1.165, 1.54) is 0 Å². The Morgan fingerprint density at radius 2 is 2.09 bits per heavy atom. The molecule has 3 rings (SSSR count). The lowest BCUT2D eigenvalue weighted by Crippen LogP contribution is -2.36. The molecule has 2 aromatic rings. The summed E-state index contributed by atoms with van der Waals surface area (Å²) in [5, 5.41) is 14.7. The fourth-order valence-corrected chi connectivity index (χ4v) is 3.17. The second-order valence-electron chi connectivity index (χ2n) is 5.95. The molecular formula is C15H24N6O. The Morgan fingerprint density at radius 1 is 1.32 bits per heavy atom. The van der Waals surface area contributed by atoms with Crippen LogP contribution in [0.15, 0.2) is 18.7 Å². The molecule has 3 heterocycles. The number of aryl methyl sites for hydroxylation is 2. The molecule has 0 aromatic carbocycles. The fraction of sp³-hybridized carbons (Fsp3) is 0.667. The number of aliphatic hydroxyl groups is 1. The quantitative estimate of drug-likeness (QED) is 0.891. The third-order valence-electron chi connectivity index (χ3n) is 4.56. The van der Waals surface area contributed by atoms with Gasteiger partial charge in [0.2, 0.25) is 0 Å².